The quantitative estimate of drug-likeness (QED) is 0.512. The van der Waals surface area contributed by atoms with Gasteiger partial charge in [-0.1, -0.05) is 24.3 Å². The van der Waals surface area contributed by atoms with Crippen LogP contribution in [0.2, 0.25) is 0 Å². The Hall–Kier alpha value is -2.95. The highest BCUT2D eigenvalue weighted by Gasteiger charge is 2.47. The molecule has 0 saturated carbocycles. The molecule has 1 saturated heterocycles. The van der Waals surface area contributed by atoms with Gasteiger partial charge >= 0.3 is 6.18 Å². The van der Waals surface area contributed by atoms with Crippen molar-refractivity contribution in [3.63, 3.8) is 0 Å². The summed E-state index contributed by atoms with van der Waals surface area (Å²) in [6, 6.07) is 12.4. The minimum Gasteiger partial charge on any atom is -0.387 e. The average molecular weight is 452 g/mol. The molecule has 10 heteroatoms. The van der Waals surface area contributed by atoms with Crippen LogP contribution in [0.5, 0.6) is 0 Å². The Kier molecular flexibility index (Phi) is 7.17. The molecule has 1 aliphatic heterocycles. The Labute approximate surface area is 182 Å². The van der Waals surface area contributed by atoms with Crippen LogP contribution in [0.25, 0.3) is 0 Å². The van der Waals surface area contributed by atoms with E-state index in [4.69, 9.17) is 4.74 Å². The first-order chi connectivity index (χ1) is 15.1. The molecule has 3 rings (SSSR count). The molecule has 1 fully saturated rings. The van der Waals surface area contributed by atoms with Crippen LogP contribution < -0.4 is 10.6 Å². The van der Waals surface area contributed by atoms with Crippen molar-refractivity contribution in [2.45, 2.75) is 30.4 Å². The fourth-order valence-electron chi connectivity index (χ4n) is 3.38. The van der Waals surface area contributed by atoms with Gasteiger partial charge in [0.2, 0.25) is 0 Å². The third-order valence-corrected chi connectivity index (χ3v) is 5.25. The minimum absolute atomic E-state index is 0.00478. The standard InChI is InChI=1S/C22H23F3N2O5/c23-22(24,25)16-8-4-7-15(11-16)20(30)27-12-17-18(28)21(31,13-32-17)9-10-26-19(29)14-5-2-1-3-6-14/h1-8,11,17-18,28,31H,9-10,12-13H2,(H,26,29)(H,27,30)/t17-,18-,21+/m1/s1. The predicted molar refractivity (Wildman–Crippen MR) is 108 cm³/mol. The van der Waals surface area contributed by atoms with E-state index in [2.05, 4.69) is 10.6 Å². The third kappa shape index (κ3) is 5.64. The molecule has 1 aliphatic rings. The van der Waals surface area contributed by atoms with E-state index in [0.29, 0.717) is 5.56 Å². The van der Waals surface area contributed by atoms with Gasteiger partial charge in [-0.25, -0.2) is 0 Å². The van der Waals surface area contributed by atoms with Crippen LogP contribution in [0.4, 0.5) is 13.2 Å². The van der Waals surface area contributed by atoms with Crippen molar-refractivity contribution in [1.82, 2.24) is 10.6 Å². The summed E-state index contributed by atoms with van der Waals surface area (Å²) in [5, 5.41) is 26.2. The van der Waals surface area contributed by atoms with E-state index < -0.39 is 35.5 Å². The van der Waals surface area contributed by atoms with E-state index in [9.17, 15) is 33.0 Å². The van der Waals surface area contributed by atoms with Gasteiger partial charge in [0.05, 0.1) is 12.2 Å². The van der Waals surface area contributed by atoms with E-state index in [1.807, 2.05) is 0 Å². The number of amides is 2. The Bertz CT molecular complexity index is 954. The number of aliphatic hydroxyl groups excluding tert-OH is 1. The maximum atomic E-state index is 12.8. The predicted octanol–water partition coefficient (Wildman–Crippen LogP) is 1.75. The highest BCUT2D eigenvalue weighted by molar-refractivity contribution is 5.94. The largest absolute Gasteiger partial charge is 0.416 e. The summed E-state index contributed by atoms with van der Waals surface area (Å²) < 4.78 is 43.8. The van der Waals surface area contributed by atoms with Gasteiger partial charge in [-0.05, 0) is 36.8 Å². The van der Waals surface area contributed by atoms with Crippen LogP contribution in [0, 0.1) is 0 Å². The molecule has 0 radical (unpaired) electrons. The first-order valence-electron chi connectivity index (χ1n) is 9.91. The summed E-state index contributed by atoms with van der Waals surface area (Å²) in [5.74, 6) is -1.09. The van der Waals surface area contributed by atoms with Gasteiger partial charge in [-0.2, -0.15) is 13.2 Å². The number of hydrogen-bond donors (Lipinski definition) is 4. The molecule has 0 aromatic heterocycles. The Morgan fingerprint density at radius 3 is 2.38 bits per heavy atom. The lowest BCUT2D eigenvalue weighted by Gasteiger charge is -2.26. The molecule has 0 spiro atoms. The number of ether oxygens (including phenoxy) is 1. The van der Waals surface area contributed by atoms with Crippen LogP contribution in [-0.2, 0) is 10.9 Å². The number of halogens is 3. The zero-order chi connectivity index (χ0) is 23.4. The summed E-state index contributed by atoms with van der Waals surface area (Å²) >= 11 is 0. The van der Waals surface area contributed by atoms with Crippen molar-refractivity contribution in [1.29, 1.82) is 0 Å². The van der Waals surface area contributed by atoms with Crippen LogP contribution in [0.3, 0.4) is 0 Å². The van der Waals surface area contributed by atoms with Crippen LogP contribution in [0.15, 0.2) is 54.6 Å². The molecule has 0 unspecified atom stereocenters. The van der Waals surface area contributed by atoms with Crippen molar-refractivity contribution < 1.29 is 37.7 Å². The number of carbonyl (C=O) groups is 2. The second kappa shape index (κ2) is 9.68. The Balaban J connectivity index is 1.50. The van der Waals surface area contributed by atoms with Gasteiger partial charge < -0.3 is 25.6 Å². The van der Waals surface area contributed by atoms with Crippen molar-refractivity contribution in [3.8, 4) is 0 Å². The molecule has 2 amide bonds. The maximum absolute atomic E-state index is 12.8. The SMILES string of the molecule is O=C(NCC[C@]1(O)CO[C@H](CNC(=O)c2cccc(C(F)(F)F)c2)[C@H]1O)c1ccccc1. The van der Waals surface area contributed by atoms with Gasteiger partial charge in [0.25, 0.3) is 11.8 Å². The lowest BCUT2D eigenvalue weighted by molar-refractivity contribution is -0.137. The Morgan fingerprint density at radius 2 is 1.69 bits per heavy atom. The molecular formula is C22H23F3N2O5. The molecule has 32 heavy (non-hydrogen) atoms. The molecule has 0 aliphatic carbocycles. The smallest absolute Gasteiger partial charge is 0.387 e. The summed E-state index contributed by atoms with van der Waals surface area (Å²) in [4.78, 5) is 24.3. The molecule has 7 nitrogen and oxygen atoms in total. The molecule has 4 N–H and O–H groups in total. The van der Waals surface area contributed by atoms with E-state index in [-0.39, 0.29) is 37.6 Å². The maximum Gasteiger partial charge on any atom is 0.416 e. The molecule has 172 valence electrons. The van der Waals surface area contributed by atoms with Crippen molar-refractivity contribution in [2.24, 2.45) is 0 Å². The molecule has 2 aromatic carbocycles. The van der Waals surface area contributed by atoms with Gasteiger partial charge in [-0.3, -0.25) is 9.59 Å². The van der Waals surface area contributed by atoms with Gasteiger partial charge in [0, 0.05) is 24.2 Å². The van der Waals surface area contributed by atoms with Gasteiger partial charge in [0.15, 0.2) is 0 Å². The highest BCUT2D eigenvalue weighted by atomic mass is 19.4. The van der Waals surface area contributed by atoms with E-state index in [0.717, 1.165) is 18.2 Å². The van der Waals surface area contributed by atoms with Gasteiger partial charge in [-0.15, -0.1) is 0 Å². The monoisotopic (exact) mass is 452 g/mol. The number of nitrogens with one attached hydrogen (secondary N) is 2. The first kappa shape index (κ1) is 23.7. The summed E-state index contributed by atoms with van der Waals surface area (Å²) in [7, 11) is 0. The van der Waals surface area contributed by atoms with E-state index in [1.54, 1.807) is 30.3 Å². The van der Waals surface area contributed by atoms with E-state index in [1.165, 1.54) is 6.07 Å². The fourth-order valence-corrected chi connectivity index (χ4v) is 3.38. The number of benzene rings is 2. The van der Waals surface area contributed by atoms with Crippen molar-refractivity contribution in [2.75, 3.05) is 19.7 Å². The number of alkyl halides is 3. The van der Waals surface area contributed by atoms with Crippen molar-refractivity contribution >= 4 is 11.8 Å². The van der Waals surface area contributed by atoms with Gasteiger partial charge in [0.1, 0.15) is 17.8 Å². The Morgan fingerprint density at radius 1 is 1.03 bits per heavy atom. The van der Waals surface area contributed by atoms with E-state index >= 15 is 0 Å². The van der Waals surface area contributed by atoms with Crippen LogP contribution >= 0.6 is 0 Å². The molecule has 3 atom stereocenters. The molecule has 2 aromatic rings. The first-order valence-corrected chi connectivity index (χ1v) is 9.91. The molecular weight excluding hydrogens is 429 g/mol. The normalized spacial score (nSPS) is 23.0. The molecule has 1 heterocycles. The average Bonchev–Trinajstić information content (AvgIpc) is 3.06. The zero-order valence-corrected chi connectivity index (χ0v) is 16.9. The summed E-state index contributed by atoms with van der Waals surface area (Å²) in [6.07, 6.45) is -6.89. The van der Waals surface area contributed by atoms with Crippen LogP contribution in [0.1, 0.15) is 32.7 Å². The topological polar surface area (TPSA) is 108 Å². The minimum atomic E-state index is -4.58. The lowest BCUT2D eigenvalue weighted by atomic mass is 9.92. The fraction of sp³-hybridized carbons (Fsp3) is 0.364. The number of carbonyl (C=O) groups excluding carboxylic acids is 2. The summed E-state index contributed by atoms with van der Waals surface area (Å²) in [5.41, 5.74) is -2.33. The zero-order valence-electron chi connectivity index (χ0n) is 16.9. The molecule has 0 bridgehead atoms. The second-order valence-corrected chi connectivity index (χ2v) is 7.56. The third-order valence-electron chi connectivity index (χ3n) is 5.25. The number of aliphatic hydroxyl groups is 2. The lowest BCUT2D eigenvalue weighted by Crippen LogP contribution is -2.48. The van der Waals surface area contributed by atoms with Crippen molar-refractivity contribution in [3.05, 3.63) is 71.3 Å². The summed E-state index contributed by atoms with van der Waals surface area (Å²) in [6.45, 7) is -0.359. The number of hydrogen-bond acceptors (Lipinski definition) is 5. The van der Waals surface area contributed by atoms with Crippen LogP contribution in [-0.4, -0.2) is 59.5 Å². The number of rotatable bonds is 7. The highest BCUT2D eigenvalue weighted by Crippen LogP contribution is 2.30. The second-order valence-electron chi connectivity index (χ2n) is 7.56.